The highest BCUT2D eigenvalue weighted by molar-refractivity contribution is 9.10. The maximum Gasteiger partial charge on any atom is 0.108 e. The topological polar surface area (TPSA) is 24.9 Å². The number of hydrogen-bond acceptors (Lipinski definition) is 2. The van der Waals surface area contributed by atoms with E-state index in [9.17, 15) is 0 Å². The van der Waals surface area contributed by atoms with Gasteiger partial charge in [-0.2, -0.15) is 0 Å². The van der Waals surface area contributed by atoms with Gasteiger partial charge in [-0.3, -0.25) is 0 Å². The number of pyridine rings is 1. The molecule has 0 fully saturated rings. The molecule has 12 heavy (non-hydrogen) atoms. The normalized spacial score (nSPS) is 18.6. The van der Waals surface area contributed by atoms with Crippen LogP contribution in [0.1, 0.15) is 19.4 Å². The van der Waals surface area contributed by atoms with Crippen LogP contribution in [-0.2, 0) is 5.41 Å². The summed E-state index contributed by atoms with van der Waals surface area (Å²) in [6.07, 6.45) is 1.94. The summed E-state index contributed by atoms with van der Waals surface area (Å²) < 4.78 is 0.895. The third-order valence-electron chi connectivity index (χ3n) is 2.32. The Balaban J connectivity index is 2.55. The van der Waals surface area contributed by atoms with Crippen molar-refractivity contribution in [3.8, 4) is 0 Å². The minimum Gasteiger partial charge on any atom is -0.384 e. The van der Waals surface area contributed by atoms with Gasteiger partial charge in [-0.25, -0.2) is 4.98 Å². The van der Waals surface area contributed by atoms with Crippen molar-refractivity contribution in [2.75, 3.05) is 11.9 Å². The van der Waals surface area contributed by atoms with E-state index in [0.29, 0.717) is 0 Å². The lowest BCUT2D eigenvalue weighted by Crippen LogP contribution is -2.18. The predicted molar refractivity (Wildman–Crippen MR) is 53.5 cm³/mol. The molecule has 1 aromatic heterocycles. The first kappa shape index (κ1) is 8.05. The van der Waals surface area contributed by atoms with Crippen molar-refractivity contribution in [2.24, 2.45) is 0 Å². The SMILES string of the molecule is CC1(C)CNc2cc(Br)ncc21. The molecule has 0 aromatic carbocycles. The summed E-state index contributed by atoms with van der Waals surface area (Å²) in [5.41, 5.74) is 2.75. The largest absolute Gasteiger partial charge is 0.384 e. The van der Waals surface area contributed by atoms with Gasteiger partial charge in [-0.15, -0.1) is 0 Å². The van der Waals surface area contributed by atoms with Crippen molar-refractivity contribution >= 4 is 21.6 Å². The maximum absolute atomic E-state index is 4.22. The molecule has 0 unspecified atom stereocenters. The minimum absolute atomic E-state index is 0.225. The highest BCUT2D eigenvalue weighted by atomic mass is 79.9. The van der Waals surface area contributed by atoms with E-state index in [1.807, 2.05) is 12.3 Å². The lowest BCUT2D eigenvalue weighted by Gasteiger charge is -2.15. The summed E-state index contributed by atoms with van der Waals surface area (Å²) in [4.78, 5) is 4.22. The minimum atomic E-state index is 0.225. The molecule has 0 bridgehead atoms. The molecule has 3 heteroatoms. The fourth-order valence-electron chi connectivity index (χ4n) is 1.53. The van der Waals surface area contributed by atoms with Gasteiger partial charge >= 0.3 is 0 Å². The zero-order chi connectivity index (χ0) is 8.77. The summed E-state index contributed by atoms with van der Waals surface area (Å²) in [6.45, 7) is 5.45. The number of halogens is 1. The predicted octanol–water partition coefficient (Wildman–Crippen LogP) is 2.55. The van der Waals surface area contributed by atoms with Gasteiger partial charge in [-0.05, 0) is 22.0 Å². The third-order valence-corrected chi connectivity index (χ3v) is 2.75. The first-order valence-corrected chi connectivity index (χ1v) is 4.79. The van der Waals surface area contributed by atoms with E-state index < -0.39 is 0 Å². The molecule has 64 valence electrons. The summed E-state index contributed by atoms with van der Waals surface area (Å²) in [7, 11) is 0. The Morgan fingerprint density at radius 3 is 3.08 bits per heavy atom. The van der Waals surface area contributed by atoms with Gasteiger partial charge in [0.1, 0.15) is 4.60 Å². The molecule has 0 amide bonds. The van der Waals surface area contributed by atoms with Crippen LogP contribution in [0, 0.1) is 0 Å². The summed E-state index contributed by atoms with van der Waals surface area (Å²) in [6, 6.07) is 2.03. The monoisotopic (exact) mass is 226 g/mol. The molecule has 1 aromatic rings. The van der Waals surface area contributed by atoms with Crippen LogP contribution in [0.4, 0.5) is 5.69 Å². The number of anilines is 1. The Hall–Kier alpha value is -0.570. The standard InChI is InChI=1S/C9H11BrN2/c1-9(2)5-12-7-3-8(10)11-4-6(7)9/h3-4,12H,5H2,1-2H3. The van der Waals surface area contributed by atoms with Crippen molar-refractivity contribution in [2.45, 2.75) is 19.3 Å². The Morgan fingerprint density at radius 2 is 2.33 bits per heavy atom. The first-order chi connectivity index (χ1) is 5.59. The summed E-state index contributed by atoms with van der Waals surface area (Å²) in [5, 5.41) is 3.36. The fraction of sp³-hybridized carbons (Fsp3) is 0.444. The molecule has 1 aliphatic rings. The van der Waals surface area contributed by atoms with Crippen molar-refractivity contribution in [3.63, 3.8) is 0 Å². The highest BCUT2D eigenvalue weighted by Crippen LogP contribution is 2.36. The van der Waals surface area contributed by atoms with Crippen molar-refractivity contribution < 1.29 is 0 Å². The van der Waals surface area contributed by atoms with Crippen LogP contribution in [-0.4, -0.2) is 11.5 Å². The van der Waals surface area contributed by atoms with Gasteiger partial charge in [0.25, 0.3) is 0 Å². The van der Waals surface area contributed by atoms with Crippen molar-refractivity contribution in [1.29, 1.82) is 0 Å². The molecule has 2 nitrogen and oxygen atoms in total. The number of hydrogen-bond donors (Lipinski definition) is 1. The van der Waals surface area contributed by atoms with Crippen molar-refractivity contribution in [1.82, 2.24) is 4.98 Å². The van der Waals surface area contributed by atoms with Gasteiger partial charge in [0.15, 0.2) is 0 Å². The van der Waals surface area contributed by atoms with Crippen LogP contribution in [0.2, 0.25) is 0 Å². The Kier molecular flexibility index (Phi) is 1.65. The van der Waals surface area contributed by atoms with Crippen LogP contribution >= 0.6 is 15.9 Å². The smallest absolute Gasteiger partial charge is 0.108 e. The fourth-order valence-corrected chi connectivity index (χ4v) is 1.86. The molecule has 0 spiro atoms. The summed E-state index contributed by atoms with van der Waals surface area (Å²) in [5.74, 6) is 0. The lowest BCUT2D eigenvalue weighted by atomic mass is 9.88. The van der Waals surface area contributed by atoms with E-state index in [-0.39, 0.29) is 5.41 Å². The number of fused-ring (bicyclic) bond motifs is 1. The second-order valence-electron chi connectivity index (χ2n) is 3.79. The Labute approximate surface area is 80.5 Å². The van der Waals surface area contributed by atoms with E-state index in [1.54, 1.807) is 0 Å². The molecule has 0 atom stereocenters. The zero-order valence-corrected chi connectivity index (χ0v) is 8.77. The van der Waals surface area contributed by atoms with E-state index in [4.69, 9.17) is 0 Å². The molecule has 0 saturated heterocycles. The van der Waals surface area contributed by atoms with Crippen LogP contribution in [0.3, 0.4) is 0 Å². The second kappa shape index (κ2) is 2.46. The summed E-state index contributed by atoms with van der Waals surface area (Å²) >= 11 is 3.35. The number of aromatic nitrogens is 1. The molecule has 2 rings (SSSR count). The second-order valence-corrected chi connectivity index (χ2v) is 4.60. The van der Waals surface area contributed by atoms with E-state index in [2.05, 4.69) is 40.1 Å². The maximum atomic E-state index is 4.22. The lowest BCUT2D eigenvalue weighted by molar-refractivity contribution is 0.584. The van der Waals surface area contributed by atoms with Crippen LogP contribution in [0.25, 0.3) is 0 Å². The van der Waals surface area contributed by atoms with Crippen molar-refractivity contribution in [3.05, 3.63) is 22.4 Å². The van der Waals surface area contributed by atoms with Gasteiger partial charge < -0.3 is 5.32 Å². The van der Waals surface area contributed by atoms with Gasteiger partial charge in [0.2, 0.25) is 0 Å². The molecular weight excluding hydrogens is 216 g/mol. The van der Waals surface area contributed by atoms with Gasteiger partial charge in [-0.1, -0.05) is 13.8 Å². The van der Waals surface area contributed by atoms with Gasteiger partial charge in [0.05, 0.1) is 0 Å². The number of nitrogens with one attached hydrogen (secondary N) is 1. The van der Waals surface area contributed by atoms with E-state index >= 15 is 0 Å². The van der Waals surface area contributed by atoms with E-state index in [0.717, 1.165) is 11.1 Å². The third kappa shape index (κ3) is 1.12. The molecule has 1 aliphatic heterocycles. The van der Waals surface area contributed by atoms with Crippen LogP contribution in [0.5, 0.6) is 0 Å². The quantitative estimate of drug-likeness (QED) is 0.689. The number of nitrogens with zero attached hydrogens (tertiary/aromatic N) is 1. The molecule has 2 heterocycles. The molecular formula is C9H11BrN2. The first-order valence-electron chi connectivity index (χ1n) is 3.99. The van der Waals surface area contributed by atoms with Crippen LogP contribution in [0.15, 0.2) is 16.9 Å². The molecule has 1 N–H and O–H groups in total. The Bertz CT molecular complexity index is 320. The molecule has 0 saturated carbocycles. The highest BCUT2D eigenvalue weighted by Gasteiger charge is 2.29. The van der Waals surface area contributed by atoms with Crippen LogP contribution < -0.4 is 5.32 Å². The molecule has 0 aliphatic carbocycles. The van der Waals surface area contributed by atoms with Gasteiger partial charge in [0, 0.05) is 29.4 Å². The average Bonchev–Trinajstić information content (AvgIpc) is 2.27. The average molecular weight is 227 g/mol. The molecule has 0 radical (unpaired) electrons. The van der Waals surface area contributed by atoms with E-state index in [1.165, 1.54) is 11.3 Å². The zero-order valence-electron chi connectivity index (χ0n) is 7.19. The Morgan fingerprint density at radius 1 is 1.58 bits per heavy atom. The number of rotatable bonds is 0.